The topological polar surface area (TPSA) is 124 Å². The Morgan fingerprint density at radius 3 is 1.44 bits per heavy atom. The fourth-order valence-corrected chi connectivity index (χ4v) is 2.08. The molecule has 0 aromatic rings. The molecule has 1 rings (SSSR count). The molecular formula is C12H22N6. The minimum Gasteiger partial charge on any atom is -0.370 e. The number of nitrogens with one attached hydrogen (secondary N) is 4. The van der Waals surface area contributed by atoms with E-state index in [1.807, 2.05) is 0 Å². The van der Waals surface area contributed by atoms with Crippen LogP contribution in [-0.2, 0) is 0 Å². The van der Waals surface area contributed by atoms with Crippen molar-refractivity contribution in [2.24, 2.45) is 23.3 Å². The van der Waals surface area contributed by atoms with E-state index in [9.17, 15) is 0 Å². The third-order valence-corrected chi connectivity index (χ3v) is 3.03. The Morgan fingerprint density at radius 2 is 1.17 bits per heavy atom. The molecule has 6 heteroatoms. The van der Waals surface area contributed by atoms with Crippen LogP contribution in [0.4, 0.5) is 0 Å². The lowest BCUT2D eigenvalue weighted by molar-refractivity contribution is 0.355. The van der Waals surface area contributed by atoms with E-state index in [1.54, 1.807) is 12.4 Å². The van der Waals surface area contributed by atoms with Crippen molar-refractivity contribution in [2.45, 2.75) is 25.7 Å². The molecule has 0 aromatic heterocycles. The Labute approximate surface area is 108 Å². The summed E-state index contributed by atoms with van der Waals surface area (Å²) < 4.78 is 0. The fourth-order valence-electron chi connectivity index (χ4n) is 2.08. The molecule has 1 saturated carbocycles. The molecule has 1 aliphatic carbocycles. The minimum atomic E-state index is -0.0295. The summed E-state index contributed by atoms with van der Waals surface area (Å²) in [5, 5.41) is 19.4. The average molecular weight is 250 g/mol. The van der Waals surface area contributed by atoms with Crippen LogP contribution in [0.15, 0.2) is 24.6 Å². The first-order chi connectivity index (χ1) is 8.58. The Bertz CT molecular complexity index is 304. The second-order valence-electron chi connectivity index (χ2n) is 4.51. The molecule has 18 heavy (non-hydrogen) atoms. The van der Waals surface area contributed by atoms with Crippen molar-refractivity contribution in [2.75, 3.05) is 0 Å². The molecule has 0 unspecified atom stereocenters. The molecule has 0 bridgehead atoms. The Kier molecular flexibility index (Phi) is 5.76. The van der Waals surface area contributed by atoms with Gasteiger partial charge in [-0.05, 0) is 37.5 Å². The van der Waals surface area contributed by atoms with Gasteiger partial charge in [0, 0.05) is 12.4 Å². The van der Waals surface area contributed by atoms with Gasteiger partial charge in [-0.25, -0.2) is 0 Å². The van der Waals surface area contributed by atoms with Crippen LogP contribution < -0.4 is 22.1 Å². The molecule has 1 fully saturated rings. The summed E-state index contributed by atoms with van der Waals surface area (Å²) in [5.74, 6) is 1.06. The van der Waals surface area contributed by atoms with Crippen molar-refractivity contribution >= 4 is 11.9 Å². The summed E-state index contributed by atoms with van der Waals surface area (Å²) >= 11 is 0. The van der Waals surface area contributed by atoms with Gasteiger partial charge in [0.15, 0.2) is 11.9 Å². The van der Waals surface area contributed by atoms with Gasteiger partial charge in [-0.2, -0.15) is 0 Å². The number of guanidine groups is 2. The van der Waals surface area contributed by atoms with Gasteiger partial charge in [-0.1, -0.05) is 12.2 Å². The maximum Gasteiger partial charge on any atom is 0.189 e. The summed E-state index contributed by atoms with van der Waals surface area (Å²) in [4.78, 5) is 0. The zero-order valence-corrected chi connectivity index (χ0v) is 10.4. The summed E-state index contributed by atoms with van der Waals surface area (Å²) in [6.45, 7) is 0. The third-order valence-electron chi connectivity index (χ3n) is 3.03. The van der Waals surface area contributed by atoms with Crippen LogP contribution in [0.2, 0.25) is 0 Å². The lowest BCUT2D eigenvalue weighted by Gasteiger charge is -2.24. The maximum absolute atomic E-state index is 7.03. The standard InChI is InChI=1S/C12H22N6/c13-11(14)17-7-5-9-1-2-10(4-3-9)6-8-18-12(15)16/h5-10H,1-4H2,(H4,13,14,17)(H4,15,16,18). The number of hydrogen-bond donors (Lipinski definition) is 6. The number of hydrogen-bond acceptors (Lipinski definition) is 2. The zero-order valence-electron chi connectivity index (χ0n) is 10.4. The molecule has 0 radical (unpaired) electrons. The van der Waals surface area contributed by atoms with Crippen LogP contribution in [-0.4, -0.2) is 11.9 Å². The highest BCUT2D eigenvalue weighted by Gasteiger charge is 2.17. The predicted octanol–water partition coefficient (Wildman–Crippen LogP) is 0.786. The highest BCUT2D eigenvalue weighted by atomic mass is 15.0. The average Bonchev–Trinajstić information content (AvgIpc) is 2.30. The fraction of sp³-hybridized carbons (Fsp3) is 0.500. The van der Waals surface area contributed by atoms with Crippen molar-refractivity contribution in [1.82, 2.24) is 10.6 Å². The van der Waals surface area contributed by atoms with E-state index in [0.29, 0.717) is 11.8 Å². The molecule has 0 heterocycles. The first kappa shape index (κ1) is 14.1. The second-order valence-corrected chi connectivity index (χ2v) is 4.51. The van der Waals surface area contributed by atoms with Crippen molar-refractivity contribution in [3.63, 3.8) is 0 Å². The predicted molar refractivity (Wildman–Crippen MR) is 73.8 cm³/mol. The molecule has 0 atom stereocenters. The molecule has 6 nitrogen and oxygen atoms in total. The van der Waals surface area contributed by atoms with Crippen molar-refractivity contribution < 1.29 is 0 Å². The maximum atomic E-state index is 7.03. The van der Waals surface area contributed by atoms with E-state index < -0.39 is 0 Å². The monoisotopic (exact) mass is 250 g/mol. The van der Waals surface area contributed by atoms with Crippen molar-refractivity contribution in [3.05, 3.63) is 24.6 Å². The largest absolute Gasteiger partial charge is 0.370 e. The van der Waals surface area contributed by atoms with E-state index in [-0.39, 0.29) is 11.9 Å². The van der Waals surface area contributed by atoms with Crippen LogP contribution in [0.3, 0.4) is 0 Å². The van der Waals surface area contributed by atoms with Crippen molar-refractivity contribution in [1.29, 1.82) is 10.8 Å². The number of nitrogens with two attached hydrogens (primary N) is 2. The van der Waals surface area contributed by atoms with Gasteiger partial charge >= 0.3 is 0 Å². The Balaban J connectivity index is 2.24. The molecule has 0 saturated heterocycles. The van der Waals surface area contributed by atoms with Crippen molar-refractivity contribution in [3.8, 4) is 0 Å². The smallest absolute Gasteiger partial charge is 0.189 e. The SMILES string of the molecule is N=C(N)NC=CC1CCC(C=CNC(=N)N)CC1. The van der Waals surface area contributed by atoms with E-state index >= 15 is 0 Å². The van der Waals surface area contributed by atoms with E-state index in [1.165, 1.54) is 0 Å². The summed E-state index contributed by atoms with van der Waals surface area (Å²) in [5.41, 5.74) is 10.4. The first-order valence-corrected chi connectivity index (χ1v) is 6.12. The molecule has 0 amide bonds. The van der Waals surface area contributed by atoms with Crippen LogP contribution in [0.5, 0.6) is 0 Å². The number of allylic oxidation sites excluding steroid dienone is 2. The molecule has 100 valence electrons. The van der Waals surface area contributed by atoms with Crippen LogP contribution in [0.1, 0.15) is 25.7 Å². The molecule has 0 aliphatic heterocycles. The van der Waals surface area contributed by atoms with Gasteiger partial charge in [0.2, 0.25) is 0 Å². The summed E-state index contributed by atoms with van der Waals surface area (Å²) in [6, 6.07) is 0. The van der Waals surface area contributed by atoms with Gasteiger partial charge < -0.3 is 22.1 Å². The zero-order chi connectivity index (χ0) is 13.4. The molecular weight excluding hydrogens is 228 g/mol. The van der Waals surface area contributed by atoms with Gasteiger partial charge in [-0.3, -0.25) is 10.8 Å². The van der Waals surface area contributed by atoms with E-state index in [4.69, 9.17) is 22.3 Å². The highest BCUT2D eigenvalue weighted by molar-refractivity contribution is 5.75. The van der Waals surface area contributed by atoms with E-state index in [0.717, 1.165) is 25.7 Å². The van der Waals surface area contributed by atoms with Gasteiger partial charge in [-0.15, -0.1) is 0 Å². The van der Waals surface area contributed by atoms with Crippen LogP contribution >= 0.6 is 0 Å². The van der Waals surface area contributed by atoms with Crippen LogP contribution in [0.25, 0.3) is 0 Å². The van der Waals surface area contributed by atoms with Gasteiger partial charge in [0.25, 0.3) is 0 Å². The highest BCUT2D eigenvalue weighted by Crippen LogP contribution is 2.30. The lowest BCUT2D eigenvalue weighted by Crippen LogP contribution is -2.26. The molecule has 0 aromatic carbocycles. The second kappa shape index (κ2) is 7.37. The van der Waals surface area contributed by atoms with Gasteiger partial charge in [0.05, 0.1) is 0 Å². The summed E-state index contributed by atoms with van der Waals surface area (Å²) in [7, 11) is 0. The molecule has 8 N–H and O–H groups in total. The minimum absolute atomic E-state index is 0.0295. The first-order valence-electron chi connectivity index (χ1n) is 6.12. The number of rotatable bonds is 4. The van der Waals surface area contributed by atoms with Gasteiger partial charge in [0.1, 0.15) is 0 Å². The molecule has 1 aliphatic rings. The lowest BCUT2D eigenvalue weighted by atomic mass is 9.82. The Morgan fingerprint density at radius 1 is 0.833 bits per heavy atom. The van der Waals surface area contributed by atoms with Crippen LogP contribution in [0, 0.1) is 22.7 Å². The summed E-state index contributed by atoms with van der Waals surface area (Å²) in [6.07, 6.45) is 12.2. The third kappa shape index (κ3) is 5.93. The van der Waals surface area contributed by atoms with E-state index in [2.05, 4.69) is 22.8 Å². The Hall–Kier alpha value is -1.98. The molecule has 0 spiro atoms. The normalized spacial score (nSPS) is 24.2. The quantitative estimate of drug-likeness (QED) is 0.326.